The van der Waals surface area contributed by atoms with Crippen molar-refractivity contribution in [3.05, 3.63) is 12.4 Å². The van der Waals surface area contributed by atoms with Gasteiger partial charge in [0.05, 0.1) is 30.6 Å². The second-order valence-electron chi connectivity index (χ2n) is 3.64. The average Bonchev–Trinajstić information content (AvgIpc) is 2.62. The van der Waals surface area contributed by atoms with Crippen molar-refractivity contribution in [3.8, 4) is 0 Å². The molecule has 1 aliphatic rings. The van der Waals surface area contributed by atoms with Crippen LogP contribution in [0.4, 0.5) is 5.69 Å². The molecule has 2 atom stereocenters. The molecule has 1 fully saturated rings. The van der Waals surface area contributed by atoms with Gasteiger partial charge in [-0.1, -0.05) is 0 Å². The second kappa shape index (κ2) is 3.38. The maximum Gasteiger partial charge on any atom is 0.0775 e. The fourth-order valence-corrected chi connectivity index (χ4v) is 1.71. The molecule has 0 bridgehead atoms. The summed E-state index contributed by atoms with van der Waals surface area (Å²) in [6.07, 6.45) is 6.50. The van der Waals surface area contributed by atoms with Crippen molar-refractivity contribution >= 4 is 5.69 Å². The number of rotatable bonds is 2. The van der Waals surface area contributed by atoms with E-state index < -0.39 is 0 Å². The van der Waals surface area contributed by atoms with Gasteiger partial charge in [-0.05, 0) is 19.8 Å². The molecule has 2 unspecified atom stereocenters. The summed E-state index contributed by atoms with van der Waals surface area (Å²) in [5.74, 6) is 0. The molecule has 0 aliphatic carbocycles. The Morgan fingerprint density at radius 3 is 3.08 bits per heavy atom. The predicted octanol–water partition coefficient (Wildman–Crippen LogP) is 1.03. The van der Waals surface area contributed by atoms with E-state index in [1.807, 2.05) is 10.9 Å². The van der Waals surface area contributed by atoms with Crippen LogP contribution in [0.3, 0.4) is 0 Å². The van der Waals surface area contributed by atoms with E-state index in [4.69, 9.17) is 10.5 Å². The third kappa shape index (κ3) is 2.01. The van der Waals surface area contributed by atoms with Crippen LogP contribution in [0.5, 0.6) is 0 Å². The Morgan fingerprint density at radius 1 is 1.69 bits per heavy atom. The first kappa shape index (κ1) is 8.56. The summed E-state index contributed by atoms with van der Waals surface area (Å²) in [4.78, 5) is 0. The van der Waals surface area contributed by atoms with E-state index >= 15 is 0 Å². The molecule has 0 spiro atoms. The molecule has 1 aromatic rings. The minimum atomic E-state index is 0.314. The zero-order chi connectivity index (χ0) is 9.26. The summed E-state index contributed by atoms with van der Waals surface area (Å²) in [5.41, 5.74) is 6.27. The van der Waals surface area contributed by atoms with Crippen LogP contribution in [-0.4, -0.2) is 22.0 Å². The molecule has 1 saturated heterocycles. The van der Waals surface area contributed by atoms with Crippen molar-refractivity contribution in [2.75, 3.05) is 5.73 Å². The first-order chi connectivity index (χ1) is 6.24. The van der Waals surface area contributed by atoms with Gasteiger partial charge in [0.1, 0.15) is 0 Å². The SMILES string of the molecule is CC1CCC(Cn2cc(N)cn2)O1. The lowest BCUT2D eigenvalue weighted by atomic mass is 10.2. The minimum absolute atomic E-state index is 0.314. The molecule has 4 heteroatoms. The van der Waals surface area contributed by atoms with Gasteiger partial charge in [0.25, 0.3) is 0 Å². The Morgan fingerprint density at radius 2 is 2.54 bits per heavy atom. The van der Waals surface area contributed by atoms with Crippen molar-refractivity contribution < 1.29 is 4.74 Å². The summed E-state index contributed by atoms with van der Waals surface area (Å²) >= 11 is 0. The maximum absolute atomic E-state index is 5.67. The lowest BCUT2D eigenvalue weighted by Crippen LogP contribution is -2.16. The molecule has 0 saturated carbocycles. The van der Waals surface area contributed by atoms with E-state index in [1.54, 1.807) is 6.20 Å². The van der Waals surface area contributed by atoms with Crippen LogP contribution >= 0.6 is 0 Å². The highest BCUT2D eigenvalue weighted by Gasteiger charge is 2.21. The molecule has 1 aromatic heterocycles. The molecule has 1 aliphatic heterocycles. The molecule has 13 heavy (non-hydrogen) atoms. The van der Waals surface area contributed by atoms with E-state index in [2.05, 4.69) is 12.0 Å². The predicted molar refractivity (Wildman–Crippen MR) is 50.2 cm³/mol. The summed E-state index contributed by atoms with van der Waals surface area (Å²) in [6, 6.07) is 0. The molecule has 2 N–H and O–H groups in total. The van der Waals surface area contributed by atoms with Crippen LogP contribution < -0.4 is 5.73 Å². The molecule has 2 heterocycles. The average molecular weight is 181 g/mol. The molecular formula is C9H15N3O. The molecule has 0 amide bonds. The number of nitrogens with two attached hydrogens (primary N) is 1. The zero-order valence-corrected chi connectivity index (χ0v) is 7.81. The first-order valence-corrected chi connectivity index (χ1v) is 4.67. The van der Waals surface area contributed by atoms with Gasteiger partial charge in [-0.2, -0.15) is 5.10 Å². The Bertz CT molecular complexity index is 284. The van der Waals surface area contributed by atoms with E-state index in [9.17, 15) is 0 Å². The monoisotopic (exact) mass is 181 g/mol. The molecule has 2 rings (SSSR count). The molecule has 4 nitrogen and oxygen atoms in total. The van der Waals surface area contributed by atoms with Gasteiger partial charge in [0, 0.05) is 6.20 Å². The summed E-state index contributed by atoms with van der Waals surface area (Å²) in [6.45, 7) is 2.93. The van der Waals surface area contributed by atoms with Gasteiger partial charge in [0.15, 0.2) is 0 Å². The third-order valence-corrected chi connectivity index (χ3v) is 2.36. The number of ether oxygens (including phenoxy) is 1. The number of hydrogen-bond acceptors (Lipinski definition) is 3. The van der Waals surface area contributed by atoms with Crippen molar-refractivity contribution in [1.82, 2.24) is 9.78 Å². The largest absolute Gasteiger partial charge is 0.396 e. The standard InChI is InChI=1S/C9H15N3O/c1-7-2-3-9(13-7)6-12-5-8(10)4-11-12/h4-5,7,9H,2-3,6,10H2,1H3. The fourth-order valence-electron chi connectivity index (χ4n) is 1.71. The maximum atomic E-state index is 5.67. The van der Waals surface area contributed by atoms with E-state index in [0.29, 0.717) is 17.9 Å². The van der Waals surface area contributed by atoms with E-state index in [0.717, 1.165) is 19.4 Å². The number of aromatic nitrogens is 2. The summed E-state index contributed by atoms with van der Waals surface area (Å²) in [7, 11) is 0. The Hall–Kier alpha value is -1.03. The van der Waals surface area contributed by atoms with Gasteiger partial charge >= 0.3 is 0 Å². The van der Waals surface area contributed by atoms with E-state index in [1.165, 1.54) is 0 Å². The normalized spacial score (nSPS) is 28.1. The fraction of sp³-hybridized carbons (Fsp3) is 0.667. The van der Waals surface area contributed by atoms with Gasteiger partial charge < -0.3 is 10.5 Å². The highest BCUT2D eigenvalue weighted by atomic mass is 16.5. The molecule has 0 aromatic carbocycles. The Balaban J connectivity index is 1.91. The number of hydrogen-bond donors (Lipinski definition) is 1. The van der Waals surface area contributed by atoms with Crippen LogP contribution in [-0.2, 0) is 11.3 Å². The number of anilines is 1. The quantitative estimate of drug-likeness (QED) is 0.741. The highest BCUT2D eigenvalue weighted by molar-refractivity contribution is 5.30. The molecular weight excluding hydrogens is 166 g/mol. The lowest BCUT2D eigenvalue weighted by molar-refractivity contribution is 0.0437. The van der Waals surface area contributed by atoms with Crippen molar-refractivity contribution in [1.29, 1.82) is 0 Å². The highest BCUT2D eigenvalue weighted by Crippen LogP contribution is 2.20. The molecule has 0 radical (unpaired) electrons. The van der Waals surface area contributed by atoms with Crippen molar-refractivity contribution in [3.63, 3.8) is 0 Å². The van der Waals surface area contributed by atoms with Crippen LogP contribution in [0.15, 0.2) is 12.4 Å². The number of nitrogens with zero attached hydrogens (tertiary/aromatic N) is 2. The van der Waals surface area contributed by atoms with E-state index in [-0.39, 0.29) is 0 Å². The minimum Gasteiger partial charge on any atom is -0.396 e. The van der Waals surface area contributed by atoms with Crippen molar-refractivity contribution in [2.24, 2.45) is 0 Å². The van der Waals surface area contributed by atoms with Gasteiger partial charge in [0.2, 0.25) is 0 Å². The first-order valence-electron chi connectivity index (χ1n) is 4.67. The lowest BCUT2D eigenvalue weighted by Gasteiger charge is -2.10. The summed E-state index contributed by atoms with van der Waals surface area (Å²) < 4.78 is 7.52. The van der Waals surface area contributed by atoms with Crippen molar-refractivity contribution in [2.45, 2.75) is 38.5 Å². The third-order valence-electron chi connectivity index (χ3n) is 2.36. The van der Waals surface area contributed by atoms with Gasteiger partial charge in [-0.15, -0.1) is 0 Å². The molecule has 72 valence electrons. The Kier molecular flexibility index (Phi) is 2.22. The number of nitrogen functional groups attached to an aromatic ring is 1. The summed E-state index contributed by atoms with van der Waals surface area (Å²) in [5, 5.41) is 4.12. The van der Waals surface area contributed by atoms with Crippen LogP contribution in [0, 0.1) is 0 Å². The van der Waals surface area contributed by atoms with Gasteiger partial charge in [-0.25, -0.2) is 0 Å². The second-order valence-corrected chi connectivity index (χ2v) is 3.64. The zero-order valence-electron chi connectivity index (χ0n) is 7.81. The van der Waals surface area contributed by atoms with Gasteiger partial charge in [-0.3, -0.25) is 4.68 Å². The smallest absolute Gasteiger partial charge is 0.0775 e. The topological polar surface area (TPSA) is 53.1 Å². The van der Waals surface area contributed by atoms with Crippen LogP contribution in [0.25, 0.3) is 0 Å². The van der Waals surface area contributed by atoms with Crippen LogP contribution in [0.1, 0.15) is 19.8 Å². The van der Waals surface area contributed by atoms with Crippen LogP contribution in [0.2, 0.25) is 0 Å². The Labute approximate surface area is 77.7 Å².